The van der Waals surface area contributed by atoms with Crippen LogP contribution in [0.25, 0.3) is 10.2 Å². The molecular weight excluding hydrogens is 268 g/mol. The molecule has 0 aromatic carbocycles. The van der Waals surface area contributed by atoms with Crippen molar-refractivity contribution in [2.75, 3.05) is 11.1 Å². The number of nitrogen functional groups attached to an aromatic ring is 1. The molecule has 0 fully saturated rings. The molecule has 5 heteroatoms. The van der Waals surface area contributed by atoms with Gasteiger partial charge in [0.1, 0.15) is 10.6 Å². The molecule has 1 unspecified atom stereocenters. The zero-order valence-electron chi connectivity index (χ0n) is 12.6. The largest absolute Gasteiger partial charge is 0.368 e. The Balaban J connectivity index is 2.25. The quantitative estimate of drug-likeness (QED) is 0.796. The number of aromatic nitrogens is 2. The first-order valence-electron chi connectivity index (χ1n) is 7.44. The van der Waals surface area contributed by atoms with Crippen molar-refractivity contribution in [2.24, 2.45) is 0 Å². The van der Waals surface area contributed by atoms with E-state index >= 15 is 0 Å². The first-order chi connectivity index (χ1) is 9.63. The lowest BCUT2D eigenvalue weighted by atomic mass is 10.1. The van der Waals surface area contributed by atoms with Gasteiger partial charge in [-0.25, -0.2) is 4.98 Å². The van der Waals surface area contributed by atoms with Crippen molar-refractivity contribution in [3.63, 3.8) is 0 Å². The molecule has 0 bridgehead atoms. The summed E-state index contributed by atoms with van der Waals surface area (Å²) in [7, 11) is 0. The topological polar surface area (TPSA) is 63.8 Å². The third-order valence-corrected chi connectivity index (χ3v) is 4.36. The predicted molar refractivity (Wildman–Crippen MR) is 88.4 cm³/mol. The van der Waals surface area contributed by atoms with Crippen molar-refractivity contribution < 1.29 is 0 Å². The molecule has 2 rings (SSSR count). The Labute approximate surface area is 124 Å². The Kier molecular flexibility index (Phi) is 5.17. The van der Waals surface area contributed by atoms with Gasteiger partial charge in [0.05, 0.1) is 5.39 Å². The van der Waals surface area contributed by atoms with Crippen molar-refractivity contribution in [1.29, 1.82) is 0 Å². The highest BCUT2D eigenvalue weighted by atomic mass is 32.1. The number of nitrogens with zero attached hydrogens (tertiary/aromatic N) is 2. The number of hydrogen-bond donors (Lipinski definition) is 2. The summed E-state index contributed by atoms with van der Waals surface area (Å²) in [4.78, 5) is 10.9. The average molecular weight is 292 g/mol. The second-order valence-electron chi connectivity index (χ2n) is 5.28. The highest BCUT2D eigenvalue weighted by molar-refractivity contribution is 7.18. The van der Waals surface area contributed by atoms with Crippen LogP contribution in [0.4, 0.5) is 11.8 Å². The van der Waals surface area contributed by atoms with Gasteiger partial charge in [0.25, 0.3) is 0 Å². The van der Waals surface area contributed by atoms with E-state index in [4.69, 9.17) is 5.73 Å². The number of fused-ring (bicyclic) bond motifs is 1. The molecule has 4 nitrogen and oxygen atoms in total. The minimum absolute atomic E-state index is 0.354. The number of rotatable bonds is 7. The van der Waals surface area contributed by atoms with Crippen molar-refractivity contribution in [1.82, 2.24) is 9.97 Å². The summed E-state index contributed by atoms with van der Waals surface area (Å²) in [6.07, 6.45) is 5.98. The number of nitrogens with one attached hydrogen (secondary N) is 1. The molecule has 1 atom stereocenters. The minimum atomic E-state index is 0.354. The van der Waals surface area contributed by atoms with E-state index in [1.807, 2.05) is 0 Å². The van der Waals surface area contributed by atoms with Crippen LogP contribution in [-0.2, 0) is 0 Å². The van der Waals surface area contributed by atoms with Gasteiger partial charge >= 0.3 is 0 Å². The first-order valence-corrected chi connectivity index (χ1v) is 8.25. The fourth-order valence-corrected chi connectivity index (χ4v) is 3.34. The van der Waals surface area contributed by atoms with Crippen LogP contribution in [0.2, 0.25) is 0 Å². The Hall–Kier alpha value is -1.36. The maximum Gasteiger partial charge on any atom is 0.223 e. The molecule has 0 spiro atoms. The molecule has 0 saturated carbocycles. The second kappa shape index (κ2) is 6.88. The maximum atomic E-state index is 5.83. The van der Waals surface area contributed by atoms with Crippen LogP contribution in [0.5, 0.6) is 0 Å². The van der Waals surface area contributed by atoms with E-state index in [0.717, 1.165) is 22.5 Å². The van der Waals surface area contributed by atoms with Crippen LogP contribution >= 0.6 is 11.3 Å². The lowest BCUT2D eigenvalue weighted by Gasteiger charge is -2.19. The van der Waals surface area contributed by atoms with Gasteiger partial charge in [0.15, 0.2) is 0 Å². The average Bonchev–Trinajstić information content (AvgIpc) is 2.76. The summed E-state index contributed by atoms with van der Waals surface area (Å²) >= 11 is 1.67. The van der Waals surface area contributed by atoms with E-state index in [0.29, 0.717) is 12.0 Å². The van der Waals surface area contributed by atoms with Crippen molar-refractivity contribution in [3.05, 3.63) is 10.9 Å². The van der Waals surface area contributed by atoms with E-state index in [2.05, 4.69) is 42.1 Å². The Bertz CT molecular complexity index is 564. The third kappa shape index (κ3) is 3.60. The van der Waals surface area contributed by atoms with Gasteiger partial charge < -0.3 is 11.1 Å². The van der Waals surface area contributed by atoms with Crippen LogP contribution in [0, 0.1) is 6.92 Å². The van der Waals surface area contributed by atoms with Crippen LogP contribution < -0.4 is 11.1 Å². The summed E-state index contributed by atoms with van der Waals surface area (Å²) in [6, 6.07) is 2.61. The molecule has 2 aromatic heterocycles. The second-order valence-corrected chi connectivity index (χ2v) is 6.51. The van der Waals surface area contributed by atoms with Crippen LogP contribution in [-0.4, -0.2) is 16.0 Å². The number of unbranched alkanes of at least 4 members (excludes halogenated alkanes) is 1. The zero-order valence-corrected chi connectivity index (χ0v) is 13.4. The number of thiophene rings is 1. The van der Waals surface area contributed by atoms with Crippen LogP contribution in [0.1, 0.15) is 50.8 Å². The van der Waals surface area contributed by atoms with Crippen molar-refractivity contribution in [3.8, 4) is 0 Å². The summed E-state index contributed by atoms with van der Waals surface area (Å²) < 4.78 is 0. The molecule has 2 heterocycles. The fraction of sp³-hybridized carbons (Fsp3) is 0.600. The summed E-state index contributed by atoms with van der Waals surface area (Å²) in [5.74, 6) is 1.25. The normalized spacial score (nSPS) is 12.8. The van der Waals surface area contributed by atoms with Crippen molar-refractivity contribution >= 4 is 33.3 Å². The summed E-state index contributed by atoms with van der Waals surface area (Å²) in [6.45, 7) is 6.54. The predicted octanol–water partition coefficient (Wildman–Crippen LogP) is 4.35. The van der Waals surface area contributed by atoms with Crippen LogP contribution in [0.15, 0.2) is 6.07 Å². The van der Waals surface area contributed by atoms with Gasteiger partial charge in [-0.1, -0.05) is 33.1 Å². The number of nitrogens with two attached hydrogens (primary N) is 1. The van der Waals surface area contributed by atoms with Gasteiger partial charge in [-0.05, 0) is 25.8 Å². The standard InChI is InChI=1S/C15H24N4S/c1-4-6-8-11(7-5-2)17-13-12-9-10(3)20-14(12)19-15(16)18-13/h9,11H,4-8H2,1-3H3,(H3,16,17,18,19). The molecular formula is C15H24N4S. The molecule has 2 aromatic rings. The number of anilines is 2. The SMILES string of the molecule is CCCCC(CCC)Nc1nc(N)nc2sc(C)cc12. The van der Waals surface area contributed by atoms with Crippen LogP contribution in [0.3, 0.4) is 0 Å². The molecule has 20 heavy (non-hydrogen) atoms. The molecule has 0 amide bonds. The third-order valence-electron chi connectivity index (χ3n) is 3.42. The minimum Gasteiger partial charge on any atom is -0.368 e. The lowest BCUT2D eigenvalue weighted by Crippen LogP contribution is -2.20. The van der Waals surface area contributed by atoms with Gasteiger partial charge in [0.2, 0.25) is 5.95 Å². The molecule has 0 saturated heterocycles. The Morgan fingerprint density at radius 1 is 1.25 bits per heavy atom. The number of aryl methyl sites for hydroxylation is 1. The van der Waals surface area contributed by atoms with Gasteiger partial charge in [0, 0.05) is 10.9 Å². The molecule has 0 radical (unpaired) electrons. The monoisotopic (exact) mass is 292 g/mol. The summed E-state index contributed by atoms with van der Waals surface area (Å²) in [5.41, 5.74) is 5.83. The smallest absolute Gasteiger partial charge is 0.223 e. The molecule has 110 valence electrons. The molecule has 0 aliphatic heterocycles. The lowest BCUT2D eigenvalue weighted by molar-refractivity contribution is 0.563. The molecule has 0 aliphatic carbocycles. The van der Waals surface area contributed by atoms with E-state index in [9.17, 15) is 0 Å². The van der Waals surface area contributed by atoms with Crippen molar-refractivity contribution in [2.45, 2.75) is 58.9 Å². The van der Waals surface area contributed by atoms with E-state index in [1.54, 1.807) is 11.3 Å². The maximum absolute atomic E-state index is 5.83. The molecule has 3 N–H and O–H groups in total. The van der Waals surface area contributed by atoms with Gasteiger partial charge in [-0.2, -0.15) is 4.98 Å². The van der Waals surface area contributed by atoms with E-state index in [1.165, 1.54) is 30.6 Å². The zero-order chi connectivity index (χ0) is 14.5. The summed E-state index contributed by atoms with van der Waals surface area (Å²) in [5, 5.41) is 4.68. The van der Waals surface area contributed by atoms with Gasteiger partial charge in [-0.15, -0.1) is 11.3 Å². The van der Waals surface area contributed by atoms with Gasteiger partial charge in [-0.3, -0.25) is 0 Å². The molecule has 0 aliphatic rings. The first kappa shape index (κ1) is 15.0. The Morgan fingerprint density at radius 3 is 2.75 bits per heavy atom. The number of hydrogen-bond acceptors (Lipinski definition) is 5. The highest BCUT2D eigenvalue weighted by Crippen LogP contribution is 2.30. The highest BCUT2D eigenvalue weighted by Gasteiger charge is 2.13. The van der Waals surface area contributed by atoms with E-state index in [-0.39, 0.29) is 0 Å². The van der Waals surface area contributed by atoms with E-state index < -0.39 is 0 Å². The Morgan fingerprint density at radius 2 is 2.05 bits per heavy atom. The fourth-order valence-electron chi connectivity index (χ4n) is 2.45.